The number of aromatic amines is 1. The van der Waals surface area contributed by atoms with Crippen molar-refractivity contribution in [3.63, 3.8) is 0 Å². The Kier molecular flexibility index (Phi) is 6.89. The maximum absolute atomic E-state index is 12.6. The molecule has 170 valence electrons. The normalized spacial score (nSPS) is 10.7. The smallest absolute Gasteiger partial charge is 0.230 e. The third-order valence-electron chi connectivity index (χ3n) is 5.07. The molecule has 3 N–H and O–H groups in total. The van der Waals surface area contributed by atoms with Crippen molar-refractivity contribution in [2.45, 2.75) is 19.4 Å². The molecule has 0 aliphatic carbocycles. The molecule has 0 radical (unpaired) electrons. The van der Waals surface area contributed by atoms with Crippen LogP contribution in [0.1, 0.15) is 16.0 Å². The van der Waals surface area contributed by atoms with Gasteiger partial charge in [-0.05, 0) is 29.8 Å². The molecular weight excluding hydrogens is 440 g/mol. The van der Waals surface area contributed by atoms with Gasteiger partial charge in [0.15, 0.2) is 0 Å². The maximum Gasteiger partial charge on any atom is 0.230 e. The fraction of sp³-hybridized carbons (Fsp3) is 0.208. The lowest BCUT2D eigenvalue weighted by atomic mass is 10.1. The molecule has 9 heteroatoms. The van der Waals surface area contributed by atoms with E-state index in [-0.39, 0.29) is 24.7 Å². The van der Waals surface area contributed by atoms with Gasteiger partial charge in [-0.3, -0.25) is 14.7 Å². The average molecular weight is 465 g/mol. The minimum atomic E-state index is -0.186. The van der Waals surface area contributed by atoms with Crippen molar-refractivity contribution in [3.8, 4) is 11.5 Å². The largest absolute Gasteiger partial charge is 0.497 e. The van der Waals surface area contributed by atoms with E-state index in [1.807, 2.05) is 54.6 Å². The minimum absolute atomic E-state index is 0.0903. The third kappa shape index (κ3) is 5.50. The zero-order valence-electron chi connectivity index (χ0n) is 18.3. The molecule has 4 rings (SSSR count). The number of rotatable bonds is 9. The van der Waals surface area contributed by atoms with Gasteiger partial charge >= 0.3 is 0 Å². The molecule has 2 aromatic carbocycles. The lowest BCUT2D eigenvalue weighted by molar-refractivity contribution is -0.120. The summed E-state index contributed by atoms with van der Waals surface area (Å²) in [6, 6.07) is 16.9. The van der Waals surface area contributed by atoms with Crippen LogP contribution in [-0.4, -0.2) is 36.2 Å². The monoisotopic (exact) mass is 464 g/mol. The molecule has 2 amide bonds. The number of carbonyl (C=O) groups is 2. The number of methoxy groups -OCH3 is 2. The highest BCUT2D eigenvalue weighted by Crippen LogP contribution is 2.30. The van der Waals surface area contributed by atoms with Crippen LogP contribution in [0.4, 0.5) is 5.82 Å². The van der Waals surface area contributed by atoms with Crippen molar-refractivity contribution in [1.82, 2.24) is 15.5 Å². The predicted octanol–water partition coefficient (Wildman–Crippen LogP) is 3.68. The summed E-state index contributed by atoms with van der Waals surface area (Å²) in [7, 11) is 3.19. The molecule has 0 aliphatic rings. The molecule has 0 bridgehead atoms. The Labute approximate surface area is 194 Å². The summed E-state index contributed by atoms with van der Waals surface area (Å²) >= 11 is 1.42. The van der Waals surface area contributed by atoms with Gasteiger partial charge in [0.05, 0.1) is 32.4 Å². The zero-order chi connectivity index (χ0) is 23.2. The van der Waals surface area contributed by atoms with Crippen molar-refractivity contribution in [1.29, 1.82) is 0 Å². The second-order valence-electron chi connectivity index (χ2n) is 7.37. The fourth-order valence-corrected chi connectivity index (χ4v) is 4.44. The van der Waals surface area contributed by atoms with Crippen molar-refractivity contribution in [3.05, 3.63) is 70.6 Å². The molecule has 0 unspecified atom stereocenters. The fourth-order valence-electron chi connectivity index (χ4n) is 3.45. The Hall–Kier alpha value is -3.85. The van der Waals surface area contributed by atoms with Gasteiger partial charge in [-0.15, -0.1) is 11.3 Å². The van der Waals surface area contributed by atoms with Crippen LogP contribution in [0.15, 0.2) is 54.6 Å². The van der Waals surface area contributed by atoms with Crippen LogP contribution in [0.5, 0.6) is 11.5 Å². The second kappa shape index (κ2) is 10.2. The molecule has 0 saturated heterocycles. The van der Waals surface area contributed by atoms with Crippen molar-refractivity contribution in [2.24, 2.45) is 0 Å². The van der Waals surface area contributed by atoms with Crippen molar-refractivity contribution in [2.75, 3.05) is 19.5 Å². The highest BCUT2D eigenvalue weighted by Gasteiger charge is 2.15. The van der Waals surface area contributed by atoms with E-state index in [1.54, 1.807) is 14.2 Å². The van der Waals surface area contributed by atoms with E-state index in [1.165, 1.54) is 11.3 Å². The molecule has 0 atom stereocenters. The number of nitrogens with one attached hydrogen (secondary N) is 3. The van der Waals surface area contributed by atoms with Gasteiger partial charge in [-0.2, -0.15) is 5.10 Å². The van der Waals surface area contributed by atoms with Gasteiger partial charge < -0.3 is 20.1 Å². The summed E-state index contributed by atoms with van der Waals surface area (Å²) in [5.41, 5.74) is 1.76. The van der Waals surface area contributed by atoms with E-state index in [0.717, 1.165) is 32.0 Å². The minimum Gasteiger partial charge on any atom is -0.497 e. The number of hydrogen-bond acceptors (Lipinski definition) is 6. The summed E-state index contributed by atoms with van der Waals surface area (Å²) in [6.07, 6.45) is 0.411. The Bertz CT molecular complexity index is 1280. The van der Waals surface area contributed by atoms with Crippen LogP contribution >= 0.6 is 11.3 Å². The van der Waals surface area contributed by atoms with Crippen LogP contribution in [0.3, 0.4) is 0 Å². The summed E-state index contributed by atoms with van der Waals surface area (Å²) in [4.78, 5) is 26.6. The number of carbonyl (C=O) groups excluding carboxylic acids is 2. The molecule has 0 fully saturated rings. The number of anilines is 1. The van der Waals surface area contributed by atoms with Crippen LogP contribution in [0.2, 0.25) is 0 Å². The molecule has 0 aliphatic heterocycles. The van der Waals surface area contributed by atoms with Crippen LogP contribution in [-0.2, 0) is 29.0 Å². The first kappa shape index (κ1) is 22.3. The number of ether oxygens (including phenoxy) is 2. The number of amides is 2. The Balaban J connectivity index is 1.36. The molecule has 2 aromatic heterocycles. The molecule has 0 spiro atoms. The van der Waals surface area contributed by atoms with E-state index in [2.05, 4.69) is 20.8 Å². The van der Waals surface area contributed by atoms with E-state index in [4.69, 9.17) is 9.47 Å². The topological polar surface area (TPSA) is 105 Å². The van der Waals surface area contributed by atoms with Crippen molar-refractivity contribution >= 4 is 39.2 Å². The number of para-hydroxylation sites is 1. The number of H-pyrrole nitrogens is 1. The van der Waals surface area contributed by atoms with E-state index >= 15 is 0 Å². The van der Waals surface area contributed by atoms with Gasteiger partial charge in [0.2, 0.25) is 11.8 Å². The second-order valence-corrected chi connectivity index (χ2v) is 8.49. The molecule has 0 saturated carbocycles. The average Bonchev–Trinajstić information content (AvgIpc) is 3.39. The number of hydrogen-bond donors (Lipinski definition) is 3. The summed E-state index contributed by atoms with van der Waals surface area (Å²) in [5.74, 6) is 1.66. The van der Waals surface area contributed by atoms with Gasteiger partial charge in [0.1, 0.15) is 22.1 Å². The Morgan fingerprint density at radius 2 is 1.85 bits per heavy atom. The van der Waals surface area contributed by atoms with Crippen molar-refractivity contribution < 1.29 is 19.1 Å². The SMILES string of the molecule is COc1cccc(CNC(=O)Cc2cc3c(NC(=O)Cc4ccccc4OC)[nH]nc3s2)c1. The first-order valence-corrected chi connectivity index (χ1v) is 11.2. The summed E-state index contributed by atoms with van der Waals surface area (Å²) < 4.78 is 10.5. The van der Waals surface area contributed by atoms with Gasteiger partial charge in [0, 0.05) is 17.0 Å². The Morgan fingerprint density at radius 3 is 2.67 bits per heavy atom. The van der Waals surface area contributed by atoms with Gasteiger partial charge in [-0.1, -0.05) is 30.3 Å². The molecular formula is C24H24N4O4S. The van der Waals surface area contributed by atoms with E-state index in [0.29, 0.717) is 18.1 Å². The number of thiophene rings is 1. The van der Waals surface area contributed by atoms with Gasteiger partial charge in [-0.25, -0.2) is 0 Å². The number of fused-ring (bicyclic) bond motifs is 1. The number of nitrogens with zero attached hydrogens (tertiary/aromatic N) is 1. The standard InChI is InChI=1S/C24H24N4O4S/c1-31-17-8-5-6-15(10-17)14-25-21(29)13-18-12-19-23(27-28-24(19)33-18)26-22(30)11-16-7-3-4-9-20(16)32-2/h3-10,12H,11,13-14H2,1-2H3,(H,25,29)(H2,26,27,28,30). The van der Waals surface area contributed by atoms with Gasteiger partial charge in [0.25, 0.3) is 0 Å². The quantitative estimate of drug-likeness (QED) is 0.350. The first-order valence-electron chi connectivity index (χ1n) is 10.3. The molecule has 4 aromatic rings. The van der Waals surface area contributed by atoms with Crippen LogP contribution in [0.25, 0.3) is 10.2 Å². The highest BCUT2D eigenvalue weighted by molar-refractivity contribution is 7.18. The summed E-state index contributed by atoms with van der Waals surface area (Å²) in [5, 5.41) is 13.7. The highest BCUT2D eigenvalue weighted by atomic mass is 32.1. The van der Waals surface area contributed by atoms with Crippen LogP contribution < -0.4 is 20.1 Å². The lowest BCUT2D eigenvalue weighted by Crippen LogP contribution is -2.24. The number of aromatic nitrogens is 2. The van der Waals surface area contributed by atoms with E-state index in [9.17, 15) is 9.59 Å². The number of benzene rings is 2. The molecule has 8 nitrogen and oxygen atoms in total. The van der Waals surface area contributed by atoms with E-state index < -0.39 is 0 Å². The maximum atomic E-state index is 12.6. The first-order chi connectivity index (χ1) is 16.1. The Morgan fingerprint density at radius 1 is 1.00 bits per heavy atom. The predicted molar refractivity (Wildman–Crippen MR) is 128 cm³/mol. The molecule has 2 heterocycles. The lowest BCUT2D eigenvalue weighted by Gasteiger charge is -2.08. The molecule has 33 heavy (non-hydrogen) atoms. The van der Waals surface area contributed by atoms with Crippen LogP contribution in [0, 0.1) is 0 Å². The summed E-state index contributed by atoms with van der Waals surface area (Å²) in [6.45, 7) is 0.420. The zero-order valence-corrected chi connectivity index (χ0v) is 19.1. The third-order valence-corrected chi connectivity index (χ3v) is 6.10.